The highest BCUT2D eigenvalue weighted by atomic mass is 16.6. The van der Waals surface area contributed by atoms with Crippen molar-refractivity contribution in [3.8, 4) is 0 Å². The Bertz CT molecular complexity index is 863. The minimum Gasteiger partial charge on any atom is -0.444 e. The van der Waals surface area contributed by atoms with Gasteiger partial charge in [-0.15, -0.1) is 0 Å². The molecule has 0 spiro atoms. The van der Waals surface area contributed by atoms with E-state index in [4.69, 9.17) is 4.74 Å². The third kappa shape index (κ3) is 12.6. The van der Waals surface area contributed by atoms with Crippen molar-refractivity contribution in [2.45, 2.75) is 118 Å². The molecule has 0 radical (unpaired) electrons. The molecule has 6 nitrogen and oxygen atoms in total. The summed E-state index contributed by atoms with van der Waals surface area (Å²) in [6.45, 7) is 22.8. The number of aliphatic hydroxyl groups excluding tert-OH is 1. The van der Waals surface area contributed by atoms with E-state index in [2.05, 4.69) is 83.0 Å². The molecule has 0 aromatic heterocycles. The molecule has 0 aliphatic rings. The van der Waals surface area contributed by atoms with Crippen LogP contribution in [0.25, 0.3) is 0 Å². The van der Waals surface area contributed by atoms with Gasteiger partial charge in [-0.3, -0.25) is 4.79 Å². The zero-order valence-electron chi connectivity index (χ0n) is 24.7. The van der Waals surface area contributed by atoms with Crippen LogP contribution < -0.4 is 10.6 Å². The van der Waals surface area contributed by atoms with E-state index in [-0.39, 0.29) is 23.7 Å². The Morgan fingerprint density at radius 1 is 1.05 bits per heavy atom. The maximum Gasteiger partial charge on any atom is 0.407 e. The lowest BCUT2D eigenvalue weighted by molar-refractivity contribution is -0.117. The summed E-state index contributed by atoms with van der Waals surface area (Å²) in [6, 6.07) is 8.12. The number of hydrogen-bond donors (Lipinski definition) is 3. The van der Waals surface area contributed by atoms with Crippen LogP contribution in [0.3, 0.4) is 0 Å². The second-order valence-corrected chi connectivity index (χ2v) is 12.6. The fraction of sp³-hybridized carbons (Fsp3) is 0.677. The molecule has 1 rings (SSSR count). The molecule has 0 aliphatic carbocycles. The molecule has 0 bridgehead atoms. The van der Waals surface area contributed by atoms with E-state index in [1.807, 2.05) is 0 Å². The topological polar surface area (TPSA) is 87.7 Å². The second-order valence-electron chi connectivity index (χ2n) is 12.6. The van der Waals surface area contributed by atoms with Gasteiger partial charge >= 0.3 is 6.09 Å². The number of amides is 2. The number of aliphatic hydroxyl groups is 1. The van der Waals surface area contributed by atoms with Crippen molar-refractivity contribution in [3.05, 3.63) is 47.5 Å². The van der Waals surface area contributed by atoms with Gasteiger partial charge in [-0.1, -0.05) is 78.8 Å². The largest absolute Gasteiger partial charge is 0.444 e. The lowest BCUT2D eigenvalue weighted by atomic mass is 9.81. The van der Waals surface area contributed by atoms with Gasteiger partial charge < -0.3 is 20.5 Å². The van der Waals surface area contributed by atoms with Crippen LogP contribution in [-0.2, 0) is 21.4 Å². The molecule has 0 fully saturated rings. The van der Waals surface area contributed by atoms with Gasteiger partial charge in [0, 0.05) is 18.5 Å². The fourth-order valence-corrected chi connectivity index (χ4v) is 4.12. The van der Waals surface area contributed by atoms with E-state index in [0.29, 0.717) is 24.5 Å². The molecule has 0 unspecified atom stereocenters. The molecule has 2 amide bonds. The SMILES string of the molecule is C=C(C[C@H](O)[C@H](C[C@H](Cc1ccc(C(C)(C)C)cc1)C(C)C)NC(=O)OC(C)(C)C)C(=O)NCCCC. The highest BCUT2D eigenvalue weighted by Crippen LogP contribution is 2.27. The highest BCUT2D eigenvalue weighted by Gasteiger charge is 2.30. The Morgan fingerprint density at radius 3 is 2.14 bits per heavy atom. The average molecular weight is 517 g/mol. The monoisotopic (exact) mass is 516 g/mol. The lowest BCUT2D eigenvalue weighted by Crippen LogP contribution is -2.47. The first-order valence-corrected chi connectivity index (χ1v) is 13.8. The van der Waals surface area contributed by atoms with Crippen molar-refractivity contribution in [2.75, 3.05) is 6.54 Å². The van der Waals surface area contributed by atoms with Crippen molar-refractivity contribution in [3.63, 3.8) is 0 Å². The first-order valence-electron chi connectivity index (χ1n) is 13.8. The van der Waals surface area contributed by atoms with Gasteiger partial charge in [0.1, 0.15) is 5.60 Å². The normalized spacial score (nSPS) is 14.6. The van der Waals surface area contributed by atoms with Crippen LogP contribution in [0.1, 0.15) is 99.1 Å². The number of alkyl carbamates (subject to hydrolysis) is 1. The van der Waals surface area contributed by atoms with E-state index >= 15 is 0 Å². The number of unbranched alkanes of at least 4 members (excludes halogenated alkanes) is 1. The zero-order chi connectivity index (χ0) is 28.4. The number of carbonyl (C=O) groups is 2. The predicted molar refractivity (Wildman–Crippen MR) is 153 cm³/mol. The van der Waals surface area contributed by atoms with Gasteiger partial charge in [0.05, 0.1) is 12.1 Å². The standard InChI is InChI=1S/C31H52N2O4/c1-11-12-17-32-28(35)22(4)18-27(34)26(33-29(36)37-31(8,9)10)20-24(21(2)3)19-23-13-15-25(16-14-23)30(5,6)7/h13-16,21,24,26-27,34H,4,11-12,17-20H2,1-3,5-10H3,(H,32,35)(H,33,36)/t24-,26-,27-/m0/s1. The van der Waals surface area contributed by atoms with E-state index < -0.39 is 23.8 Å². The maximum atomic E-state index is 12.7. The number of rotatable bonds is 13. The molecule has 0 aliphatic heterocycles. The number of benzene rings is 1. The van der Waals surface area contributed by atoms with Gasteiger partial charge in [0.2, 0.25) is 5.91 Å². The van der Waals surface area contributed by atoms with Crippen LogP contribution in [0.5, 0.6) is 0 Å². The first kappa shape index (κ1) is 32.7. The Hall–Kier alpha value is -2.34. The summed E-state index contributed by atoms with van der Waals surface area (Å²) in [5.41, 5.74) is 2.24. The van der Waals surface area contributed by atoms with Crippen LogP contribution in [0.2, 0.25) is 0 Å². The number of ether oxygens (including phenoxy) is 1. The smallest absolute Gasteiger partial charge is 0.407 e. The van der Waals surface area contributed by atoms with Gasteiger partial charge in [-0.25, -0.2) is 4.79 Å². The maximum absolute atomic E-state index is 12.7. The quantitative estimate of drug-likeness (QED) is 0.212. The summed E-state index contributed by atoms with van der Waals surface area (Å²) in [5.74, 6) is 0.252. The summed E-state index contributed by atoms with van der Waals surface area (Å²) in [6.07, 6.45) is 1.75. The number of hydrogen-bond acceptors (Lipinski definition) is 4. The van der Waals surface area contributed by atoms with Crippen LogP contribution in [0, 0.1) is 11.8 Å². The molecule has 6 heteroatoms. The highest BCUT2D eigenvalue weighted by molar-refractivity contribution is 5.92. The van der Waals surface area contributed by atoms with Crippen molar-refractivity contribution >= 4 is 12.0 Å². The number of carbonyl (C=O) groups excluding carboxylic acids is 2. The summed E-state index contributed by atoms with van der Waals surface area (Å²) >= 11 is 0. The van der Waals surface area contributed by atoms with Crippen molar-refractivity contribution in [1.82, 2.24) is 10.6 Å². The molecule has 1 aromatic carbocycles. The molecule has 3 N–H and O–H groups in total. The van der Waals surface area contributed by atoms with Crippen molar-refractivity contribution < 1.29 is 19.4 Å². The van der Waals surface area contributed by atoms with Gasteiger partial charge in [0.15, 0.2) is 0 Å². The predicted octanol–water partition coefficient (Wildman–Crippen LogP) is 6.31. The summed E-state index contributed by atoms with van der Waals surface area (Å²) < 4.78 is 5.48. The van der Waals surface area contributed by atoms with Gasteiger partial charge in [0.25, 0.3) is 0 Å². The average Bonchev–Trinajstić information content (AvgIpc) is 2.76. The fourth-order valence-electron chi connectivity index (χ4n) is 4.12. The van der Waals surface area contributed by atoms with Crippen molar-refractivity contribution in [1.29, 1.82) is 0 Å². The van der Waals surface area contributed by atoms with Gasteiger partial charge in [-0.05, 0) is 68.4 Å². The lowest BCUT2D eigenvalue weighted by Gasteiger charge is -2.31. The minimum absolute atomic E-state index is 0.0729. The molecule has 210 valence electrons. The zero-order valence-corrected chi connectivity index (χ0v) is 24.7. The molecular formula is C31H52N2O4. The molecule has 37 heavy (non-hydrogen) atoms. The van der Waals surface area contributed by atoms with Crippen molar-refractivity contribution in [2.24, 2.45) is 11.8 Å². The van der Waals surface area contributed by atoms with E-state index in [9.17, 15) is 14.7 Å². The molecule has 0 saturated carbocycles. The van der Waals surface area contributed by atoms with E-state index in [1.165, 1.54) is 11.1 Å². The summed E-state index contributed by atoms with van der Waals surface area (Å²) in [5, 5.41) is 16.9. The van der Waals surface area contributed by atoms with Gasteiger partial charge in [-0.2, -0.15) is 0 Å². The van der Waals surface area contributed by atoms with Crippen LogP contribution in [0.4, 0.5) is 4.79 Å². The third-order valence-electron chi connectivity index (χ3n) is 6.58. The van der Waals surface area contributed by atoms with E-state index in [0.717, 1.165) is 19.3 Å². The second kappa shape index (κ2) is 14.6. The molecular weight excluding hydrogens is 464 g/mol. The molecule has 0 saturated heterocycles. The van der Waals surface area contributed by atoms with E-state index in [1.54, 1.807) is 20.8 Å². The Balaban J connectivity index is 3.04. The van der Waals surface area contributed by atoms with Crippen LogP contribution >= 0.6 is 0 Å². The summed E-state index contributed by atoms with van der Waals surface area (Å²) in [4.78, 5) is 25.1. The van der Waals surface area contributed by atoms with Crippen LogP contribution in [-0.4, -0.2) is 41.4 Å². The third-order valence-corrected chi connectivity index (χ3v) is 6.58. The number of nitrogens with one attached hydrogen (secondary N) is 2. The molecule has 3 atom stereocenters. The summed E-state index contributed by atoms with van der Waals surface area (Å²) in [7, 11) is 0. The Morgan fingerprint density at radius 2 is 1.65 bits per heavy atom. The molecule has 1 aromatic rings. The Labute approximate surface area is 225 Å². The molecule has 0 heterocycles. The minimum atomic E-state index is -0.971. The Kier molecular flexibility index (Phi) is 12.9. The first-order chi connectivity index (χ1) is 17.0. The van der Waals surface area contributed by atoms with Crippen LogP contribution in [0.15, 0.2) is 36.4 Å².